The van der Waals surface area contributed by atoms with Crippen LogP contribution < -0.4 is 10.6 Å². The van der Waals surface area contributed by atoms with Crippen LogP contribution in [0.4, 0.5) is 5.69 Å². The summed E-state index contributed by atoms with van der Waals surface area (Å²) in [5, 5.41) is 10.7. The summed E-state index contributed by atoms with van der Waals surface area (Å²) in [5.41, 5.74) is 6.86. The molecule has 0 fully saturated rings. The van der Waals surface area contributed by atoms with Crippen molar-refractivity contribution >= 4 is 17.6 Å². The molecule has 6 nitrogen and oxygen atoms in total. The standard InChI is InChI=1S/C25H31N5O/c1-6-13-30-16-22(20(5)29-30)15-26-25(27-23-11-7-17(2)8-12-23)28-24(31)21-10-9-18(3)19(4)14-21/h7-12,14,16H,6,13,15H2,1-5H3,(H2,26,27,28,31). The predicted molar refractivity (Wildman–Crippen MR) is 127 cm³/mol. The Labute approximate surface area is 184 Å². The number of anilines is 1. The molecule has 0 bridgehead atoms. The Morgan fingerprint density at radius 2 is 1.77 bits per heavy atom. The molecule has 0 aliphatic heterocycles. The van der Waals surface area contributed by atoms with E-state index in [9.17, 15) is 4.79 Å². The minimum absolute atomic E-state index is 0.195. The van der Waals surface area contributed by atoms with Gasteiger partial charge in [-0.1, -0.05) is 30.7 Å². The number of hydrogen-bond donors (Lipinski definition) is 2. The van der Waals surface area contributed by atoms with E-state index >= 15 is 0 Å². The van der Waals surface area contributed by atoms with E-state index < -0.39 is 0 Å². The molecule has 2 aromatic carbocycles. The van der Waals surface area contributed by atoms with Crippen LogP contribution in [0.1, 0.15) is 51.7 Å². The Morgan fingerprint density at radius 3 is 2.45 bits per heavy atom. The van der Waals surface area contributed by atoms with Crippen molar-refractivity contribution in [3.05, 3.63) is 82.2 Å². The maximum Gasteiger partial charge on any atom is 0.257 e. The fourth-order valence-electron chi connectivity index (χ4n) is 3.17. The van der Waals surface area contributed by atoms with Gasteiger partial charge in [0.2, 0.25) is 5.96 Å². The van der Waals surface area contributed by atoms with Gasteiger partial charge in [-0.2, -0.15) is 5.10 Å². The number of benzene rings is 2. The monoisotopic (exact) mass is 417 g/mol. The van der Waals surface area contributed by atoms with Crippen LogP contribution in [0.2, 0.25) is 0 Å². The molecule has 0 radical (unpaired) electrons. The molecule has 162 valence electrons. The number of rotatable bonds is 6. The number of hydrogen-bond acceptors (Lipinski definition) is 3. The second kappa shape index (κ2) is 10.1. The van der Waals surface area contributed by atoms with E-state index in [-0.39, 0.29) is 5.91 Å². The largest absolute Gasteiger partial charge is 0.326 e. The number of amides is 1. The highest BCUT2D eigenvalue weighted by Crippen LogP contribution is 2.12. The molecule has 0 saturated heterocycles. The molecule has 0 aliphatic carbocycles. The van der Waals surface area contributed by atoms with Gasteiger partial charge in [0.05, 0.1) is 12.2 Å². The summed E-state index contributed by atoms with van der Waals surface area (Å²) < 4.78 is 1.95. The summed E-state index contributed by atoms with van der Waals surface area (Å²) in [6.45, 7) is 11.5. The summed E-state index contributed by atoms with van der Waals surface area (Å²) >= 11 is 0. The first-order valence-corrected chi connectivity index (χ1v) is 10.7. The van der Waals surface area contributed by atoms with Crippen LogP contribution in [0.3, 0.4) is 0 Å². The summed E-state index contributed by atoms with van der Waals surface area (Å²) in [4.78, 5) is 17.6. The lowest BCUT2D eigenvalue weighted by Gasteiger charge is -2.13. The molecule has 0 aliphatic rings. The second-order valence-electron chi connectivity index (χ2n) is 7.91. The zero-order valence-corrected chi connectivity index (χ0v) is 19.0. The van der Waals surface area contributed by atoms with Gasteiger partial charge in [0.15, 0.2) is 0 Å². The van der Waals surface area contributed by atoms with Gasteiger partial charge in [0, 0.05) is 29.6 Å². The Bertz CT molecular complexity index is 1080. The fraction of sp³-hybridized carbons (Fsp3) is 0.320. The number of aromatic nitrogens is 2. The highest BCUT2D eigenvalue weighted by atomic mass is 16.1. The Hall–Kier alpha value is -3.41. The number of carbonyl (C=O) groups excluding carboxylic acids is 1. The normalized spacial score (nSPS) is 11.5. The summed E-state index contributed by atoms with van der Waals surface area (Å²) in [6.07, 6.45) is 3.05. The molecule has 3 rings (SSSR count). The van der Waals surface area contributed by atoms with E-state index in [1.165, 1.54) is 5.56 Å². The van der Waals surface area contributed by atoms with Gasteiger partial charge in [0.1, 0.15) is 0 Å². The van der Waals surface area contributed by atoms with E-state index in [0.29, 0.717) is 18.1 Å². The van der Waals surface area contributed by atoms with Crippen molar-refractivity contribution in [1.82, 2.24) is 15.1 Å². The summed E-state index contributed by atoms with van der Waals surface area (Å²) in [7, 11) is 0. The molecule has 1 aromatic heterocycles. The number of guanidine groups is 1. The summed E-state index contributed by atoms with van der Waals surface area (Å²) in [6, 6.07) is 13.7. The molecule has 0 atom stereocenters. The van der Waals surface area contributed by atoms with E-state index in [0.717, 1.165) is 41.0 Å². The molecule has 1 amide bonds. The lowest BCUT2D eigenvalue weighted by Crippen LogP contribution is -2.36. The van der Waals surface area contributed by atoms with Crippen LogP contribution >= 0.6 is 0 Å². The van der Waals surface area contributed by atoms with Crippen molar-refractivity contribution in [1.29, 1.82) is 0 Å². The molecule has 6 heteroatoms. The molecule has 2 N–H and O–H groups in total. The zero-order chi connectivity index (χ0) is 22.4. The number of nitrogens with one attached hydrogen (secondary N) is 2. The molecule has 1 heterocycles. The molecular formula is C25H31N5O. The summed E-state index contributed by atoms with van der Waals surface area (Å²) in [5.74, 6) is 0.217. The number of aryl methyl sites for hydroxylation is 5. The average Bonchev–Trinajstić information content (AvgIpc) is 3.09. The van der Waals surface area contributed by atoms with Crippen molar-refractivity contribution in [2.75, 3.05) is 5.32 Å². The van der Waals surface area contributed by atoms with Crippen LogP contribution in [-0.2, 0) is 13.1 Å². The van der Waals surface area contributed by atoms with Crippen LogP contribution in [0.25, 0.3) is 0 Å². The number of carbonyl (C=O) groups is 1. The number of nitrogens with zero attached hydrogens (tertiary/aromatic N) is 3. The molecule has 3 aromatic rings. The van der Waals surface area contributed by atoms with Gasteiger partial charge in [-0.3, -0.25) is 14.8 Å². The highest BCUT2D eigenvalue weighted by molar-refractivity contribution is 6.10. The minimum Gasteiger partial charge on any atom is -0.326 e. The van der Waals surface area contributed by atoms with Crippen molar-refractivity contribution < 1.29 is 4.79 Å². The fourth-order valence-corrected chi connectivity index (χ4v) is 3.17. The first-order chi connectivity index (χ1) is 14.9. The third kappa shape index (κ3) is 6.04. The third-order valence-corrected chi connectivity index (χ3v) is 5.22. The van der Waals surface area contributed by atoms with Gasteiger partial charge < -0.3 is 5.32 Å². The Morgan fingerprint density at radius 1 is 1.03 bits per heavy atom. The van der Waals surface area contributed by atoms with Crippen molar-refractivity contribution in [2.45, 2.75) is 54.1 Å². The van der Waals surface area contributed by atoms with Crippen LogP contribution in [0.5, 0.6) is 0 Å². The van der Waals surface area contributed by atoms with Crippen molar-refractivity contribution in [3.8, 4) is 0 Å². The van der Waals surface area contributed by atoms with Gasteiger partial charge >= 0.3 is 0 Å². The van der Waals surface area contributed by atoms with Crippen LogP contribution in [0.15, 0.2) is 53.7 Å². The molecule has 0 unspecified atom stereocenters. The maximum atomic E-state index is 12.9. The Balaban J connectivity index is 1.82. The van der Waals surface area contributed by atoms with E-state index in [4.69, 9.17) is 0 Å². The van der Waals surface area contributed by atoms with Gasteiger partial charge in [-0.15, -0.1) is 0 Å². The molecule has 0 spiro atoms. The SMILES string of the molecule is CCCn1cc(CN=C(NC(=O)c2ccc(C)c(C)c2)Nc2ccc(C)cc2)c(C)n1. The minimum atomic E-state index is -0.195. The predicted octanol–water partition coefficient (Wildman–Crippen LogP) is 4.92. The van der Waals surface area contributed by atoms with Crippen LogP contribution in [0, 0.1) is 27.7 Å². The van der Waals surface area contributed by atoms with Gasteiger partial charge in [-0.25, -0.2) is 4.99 Å². The van der Waals surface area contributed by atoms with Gasteiger partial charge in [0.25, 0.3) is 5.91 Å². The lowest BCUT2D eigenvalue weighted by atomic mass is 10.1. The Kier molecular flexibility index (Phi) is 7.23. The first-order valence-electron chi connectivity index (χ1n) is 10.7. The average molecular weight is 418 g/mol. The van der Waals surface area contributed by atoms with Crippen LogP contribution in [-0.4, -0.2) is 21.6 Å². The molecule has 31 heavy (non-hydrogen) atoms. The second-order valence-corrected chi connectivity index (χ2v) is 7.91. The number of aliphatic imine (C=N–C) groups is 1. The van der Waals surface area contributed by atoms with E-state index in [2.05, 4.69) is 27.6 Å². The van der Waals surface area contributed by atoms with E-state index in [1.54, 1.807) is 0 Å². The smallest absolute Gasteiger partial charge is 0.257 e. The molecule has 0 saturated carbocycles. The van der Waals surface area contributed by atoms with E-state index in [1.807, 2.05) is 81.0 Å². The topological polar surface area (TPSA) is 71.3 Å². The lowest BCUT2D eigenvalue weighted by molar-refractivity contribution is 0.0977. The van der Waals surface area contributed by atoms with Crippen molar-refractivity contribution in [3.63, 3.8) is 0 Å². The third-order valence-electron chi connectivity index (χ3n) is 5.22. The van der Waals surface area contributed by atoms with Crippen molar-refractivity contribution in [2.24, 2.45) is 4.99 Å². The highest BCUT2D eigenvalue weighted by Gasteiger charge is 2.11. The maximum absolute atomic E-state index is 12.9. The first kappa shape index (κ1) is 22.3. The van der Waals surface area contributed by atoms with Gasteiger partial charge in [-0.05, 0) is 69.5 Å². The quantitative estimate of drug-likeness (QED) is 0.441. The molecular weight excluding hydrogens is 386 g/mol. The zero-order valence-electron chi connectivity index (χ0n) is 19.0.